The smallest absolute Gasteiger partial charge is 0.330 e. The predicted molar refractivity (Wildman–Crippen MR) is 47.5 cm³/mol. The van der Waals surface area contributed by atoms with Crippen LogP contribution in [-0.4, -0.2) is 10.1 Å². The van der Waals surface area contributed by atoms with Crippen LogP contribution in [0.5, 0.6) is 5.75 Å². The number of phenols is 1. The number of aromatic nitrogens is 1. The molecule has 12 heavy (non-hydrogen) atoms. The van der Waals surface area contributed by atoms with Gasteiger partial charge < -0.3 is 9.95 Å². The minimum atomic E-state index is 0.211. The molecule has 1 heterocycles. The number of thiazole rings is 1. The van der Waals surface area contributed by atoms with E-state index in [2.05, 4.69) is 9.83 Å². The average Bonchev–Trinajstić information content (AvgIpc) is 2.46. The molecule has 3 nitrogen and oxygen atoms in total. The molecule has 4 heteroatoms. The van der Waals surface area contributed by atoms with E-state index in [1.807, 2.05) is 0 Å². The topological polar surface area (TPSA) is 37.5 Å². The first-order valence-corrected chi connectivity index (χ1v) is 4.08. The second kappa shape index (κ2) is 2.47. The predicted octanol–water partition coefficient (Wildman–Crippen LogP) is 2.55. The minimum absolute atomic E-state index is 0.211. The molecule has 0 aliphatic heterocycles. The number of hydrogen-bond donors (Lipinski definition) is 1. The Kier molecular flexibility index (Phi) is 1.45. The standard InChI is InChI=1S/C8H4N2OS/c1-9-8-10-6-3-2-5(11)4-7(6)12-8/h2-4,11H. The molecule has 0 fully saturated rings. The summed E-state index contributed by atoms with van der Waals surface area (Å²) in [4.78, 5) is 7.24. The zero-order valence-corrected chi connectivity index (χ0v) is 6.80. The third-order valence-electron chi connectivity index (χ3n) is 1.46. The summed E-state index contributed by atoms with van der Waals surface area (Å²) in [5.41, 5.74) is 0.767. The fourth-order valence-electron chi connectivity index (χ4n) is 0.949. The van der Waals surface area contributed by atoms with Gasteiger partial charge in [0.1, 0.15) is 5.75 Å². The third kappa shape index (κ3) is 1.00. The molecule has 0 aliphatic carbocycles. The SMILES string of the molecule is [C-]#[N+]c1nc2ccc(O)cc2s1. The normalized spacial score (nSPS) is 9.92. The number of rotatable bonds is 0. The summed E-state index contributed by atoms with van der Waals surface area (Å²) in [7, 11) is 0. The van der Waals surface area contributed by atoms with Crippen LogP contribution in [0.3, 0.4) is 0 Å². The number of hydrogen-bond acceptors (Lipinski definition) is 3. The molecule has 2 rings (SSSR count). The number of fused-ring (bicyclic) bond motifs is 1. The highest BCUT2D eigenvalue weighted by atomic mass is 32.1. The van der Waals surface area contributed by atoms with Crippen LogP contribution in [0.2, 0.25) is 0 Å². The van der Waals surface area contributed by atoms with Crippen molar-refractivity contribution >= 4 is 26.7 Å². The lowest BCUT2D eigenvalue weighted by Crippen LogP contribution is -1.65. The van der Waals surface area contributed by atoms with Crippen molar-refractivity contribution in [1.82, 2.24) is 4.98 Å². The van der Waals surface area contributed by atoms with Crippen molar-refractivity contribution in [3.05, 3.63) is 29.6 Å². The average molecular weight is 176 g/mol. The number of aromatic hydroxyl groups is 1. The zero-order chi connectivity index (χ0) is 8.55. The van der Waals surface area contributed by atoms with Crippen molar-refractivity contribution in [3.63, 3.8) is 0 Å². The Labute approximate surface area is 72.7 Å². The molecule has 1 aromatic heterocycles. The summed E-state index contributed by atoms with van der Waals surface area (Å²) in [6.07, 6.45) is 0. The van der Waals surface area contributed by atoms with Gasteiger partial charge >= 0.3 is 5.13 Å². The molecule has 0 amide bonds. The van der Waals surface area contributed by atoms with Crippen LogP contribution in [0.15, 0.2) is 18.2 Å². The minimum Gasteiger partial charge on any atom is -0.508 e. The molecule has 0 saturated heterocycles. The summed E-state index contributed by atoms with van der Waals surface area (Å²) in [6, 6.07) is 4.88. The number of benzene rings is 1. The van der Waals surface area contributed by atoms with Crippen molar-refractivity contribution in [2.45, 2.75) is 0 Å². The lowest BCUT2D eigenvalue weighted by atomic mass is 10.3. The number of phenolic OH excluding ortho intramolecular Hbond substituents is 1. The van der Waals surface area contributed by atoms with Crippen LogP contribution >= 0.6 is 11.3 Å². The van der Waals surface area contributed by atoms with Gasteiger partial charge in [-0.3, -0.25) is 0 Å². The van der Waals surface area contributed by atoms with Gasteiger partial charge in [0.2, 0.25) is 0 Å². The second-order valence-corrected chi connectivity index (χ2v) is 3.27. The summed E-state index contributed by atoms with van der Waals surface area (Å²) >= 11 is 1.29. The highest BCUT2D eigenvalue weighted by Gasteiger charge is 2.05. The molecule has 1 N–H and O–H groups in total. The van der Waals surface area contributed by atoms with E-state index in [1.165, 1.54) is 11.3 Å². The highest BCUT2D eigenvalue weighted by Crippen LogP contribution is 2.30. The van der Waals surface area contributed by atoms with E-state index < -0.39 is 0 Å². The van der Waals surface area contributed by atoms with Crippen molar-refractivity contribution in [2.24, 2.45) is 0 Å². The molecule has 0 spiro atoms. The van der Waals surface area contributed by atoms with E-state index in [0.29, 0.717) is 5.13 Å². The Morgan fingerprint density at radius 1 is 1.50 bits per heavy atom. The zero-order valence-electron chi connectivity index (χ0n) is 5.98. The van der Waals surface area contributed by atoms with Crippen LogP contribution in [-0.2, 0) is 0 Å². The quantitative estimate of drug-likeness (QED) is 0.626. The van der Waals surface area contributed by atoms with Crippen LogP contribution in [0.1, 0.15) is 0 Å². The van der Waals surface area contributed by atoms with Crippen molar-refractivity contribution in [1.29, 1.82) is 0 Å². The summed E-state index contributed by atoms with van der Waals surface area (Å²) in [5, 5.41) is 9.53. The third-order valence-corrected chi connectivity index (χ3v) is 2.37. The van der Waals surface area contributed by atoms with Crippen LogP contribution in [0.4, 0.5) is 5.13 Å². The fraction of sp³-hybridized carbons (Fsp3) is 0. The van der Waals surface area contributed by atoms with Crippen molar-refractivity contribution in [2.75, 3.05) is 0 Å². The first-order chi connectivity index (χ1) is 5.79. The first-order valence-electron chi connectivity index (χ1n) is 3.26. The first kappa shape index (κ1) is 7.07. The van der Waals surface area contributed by atoms with Gasteiger partial charge in [0.25, 0.3) is 0 Å². The summed E-state index contributed by atoms with van der Waals surface area (Å²) < 4.78 is 0.848. The van der Waals surface area contributed by atoms with Gasteiger partial charge in [0.05, 0.1) is 4.70 Å². The van der Waals surface area contributed by atoms with E-state index in [1.54, 1.807) is 18.2 Å². The molecule has 0 unspecified atom stereocenters. The fourth-order valence-corrected chi connectivity index (χ4v) is 1.73. The maximum Gasteiger partial charge on any atom is 0.330 e. The Morgan fingerprint density at radius 3 is 3.08 bits per heavy atom. The summed E-state index contributed by atoms with van der Waals surface area (Å²) in [6.45, 7) is 6.74. The van der Waals surface area contributed by atoms with Gasteiger partial charge in [-0.1, -0.05) is 6.57 Å². The molecule has 0 radical (unpaired) electrons. The van der Waals surface area contributed by atoms with Crippen molar-refractivity contribution < 1.29 is 5.11 Å². The molecular weight excluding hydrogens is 172 g/mol. The molecular formula is C8H4N2OS. The lowest BCUT2D eigenvalue weighted by Gasteiger charge is -1.86. The maximum atomic E-state index is 9.11. The van der Waals surface area contributed by atoms with E-state index in [-0.39, 0.29) is 5.75 Å². The Hall–Kier alpha value is -1.60. The van der Waals surface area contributed by atoms with E-state index in [0.717, 1.165) is 10.2 Å². The summed E-state index contributed by atoms with van der Waals surface area (Å²) in [5.74, 6) is 0.211. The molecule has 58 valence electrons. The van der Waals surface area contributed by atoms with Crippen LogP contribution in [0, 0.1) is 6.57 Å². The van der Waals surface area contributed by atoms with Gasteiger partial charge in [0, 0.05) is 6.07 Å². The Morgan fingerprint density at radius 2 is 2.33 bits per heavy atom. The molecule has 1 aromatic carbocycles. The van der Waals surface area contributed by atoms with Gasteiger partial charge in [-0.25, -0.2) is 0 Å². The largest absolute Gasteiger partial charge is 0.508 e. The molecule has 0 bridgehead atoms. The second-order valence-electron chi connectivity index (χ2n) is 2.26. The van der Waals surface area contributed by atoms with E-state index in [9.17, 15) is 0 Å². The van der Waals surface area contributed by atoms with Gasteiger partial charge in [-0.15, -0.1) is 16.3 Å². The van der Waals surface area contributed by atoms with Crippen LogP contribution in [0.25, 0.3) is 15.1 Å². The molecule has 2 aromatic rings. The van der Waals surface area contributed by atoms with Crippen LogP contribution < -0.4 is 0 Å². The van der Waals surface area contributed by atoms with E-state index in [4.69, 9.17) is 11.7 Å². The molecule has 0 aliphatic rings. The lowest BCUT2D eigenvalue weighted by molar-refractivity contribution is 0.476. The Bertz CT molecular complexity index is 469. The van der Waals surface area contributed by atoms with Crippen molar-refractivity contribution in [3.8, 4) is 5.75 Å². The van der Waals surface area contributed by atoms with E-state index >= 15 is 0 Å². The number of nitrogens with zero attached hydrogens (tertiary/aromatic N) is 2. The highest BCUT2D eigenvalue weighted by molar-refractivity contribution is 7.22. The molecule has 0 atom stereocenters. The maximum absolute atomic E-state index is 9.11. The Balaban J connectivity index is 2.77. The van der Waals surface area contributed by atoms with Gasteiger partial charge in [-0.2, -0.15) is 0 Å². The monoisotopic (exact) mass is 176 g/mol. The van der Waals surface area contributed by atoms with Gasteiger partial charge in [-0.05, 0) is 12.1 Å². The molecule has 0 saturated carbocycles. The van der Waals surface area contributed by atoms with Gasteiger partial charge in [0.15, 0.2) is 5.52 Å².